The molecule has 2 aliphatic rings. The van der Waals surface area contributed by atoms with Gasteiger partial charge in [0.1, 0.15) is 5.92 Å². The Morgan fingerprint density at radius 1 is 1.26 bits per heavy atom. The van der Waals surface area contributed by atoms with Crippen LogP contribution in [0.3, 0.4) is 0 Å². The smallest absolute Gasteiger partial charge is 0.355 e. The lowest BCUT2D eigenvalue weighted by Crippen LogP contribution is -2.36. The maximum atomic E-state index is 12.6. The number of ether oxygens (including phenoxy) is 1. The van der Waals surface area contributed by atoms with Gasteiger partial charge >= 0.3 is 5.97 Å². The van der Waals surface area contributed by atoms with Crippen molar-refractivity contribution >= 4 is 29.2 Å². The number of esters is 1. The third-order valence-electron chi connectivity index (χ3n) is 3.61. The second-order valence-corrected chi connectivity index (χ2v) is 4.88. The molecule has 118 valence electrons. The molecule has 2 aliphatic heterocycles. The summed E-state index contributed by atoms with van der Waals surface area (Å²) in [6, 6.07) is 6.98. The molecule has 1 aromatic rings. The third kappa shape index (κ3) is 2.17. The van der Waals surface area contributed by atoms with Crippen LogP contribution in [-0.2, 0) is 19.1 Å². The Morgan fingerprint density at radius 3 is 2.57 bits per heavy atom. The van der Waals surface area contributed by atoms with Crippen molar-refractivity contribution in [2.75, 3.05) is 11.5 Å². The molecule has 1 saturated heterocycles. The van der Waals surface area contributed by atoms with Crippen LogP contribution in [-0.4, -0.2) is 41.3 Å². The van der Waals surface area contributed by atoms with Crippen molar-refractivity contribution in [1.82, 2.24) is 5.12 Å². The molecule has 0 N–H and O–H groups in total. The number of fused-ring (bicyclic) bond motifs is 1. The summed E-state index contributed by atoms with van der Waals surface area (Å²) in [6.07, 6.45) is 0. The first-order valence-electron chi connectivity index (χ1n) is 6.91. The summed E-state index contributed by atoms with van der Waals surface area (Å²) in [5, 5.41) is 6.85. The number of carbonyl (C=O) groups excluding carboxylic acids is 3. The van der Waals surface area contributed by atoms with Gasteiger partial charge in [0.05, 0.1) is 17.6 Å². The molecule has 1 aromatic carbocycles. The number of nitrogens with zero attached hydrogens (tertiary/aromatic N) is 4. The summed E-state index contributed by atoms with van der Waals surface area (Å²) in [6.45, 7) is 1.67. The zero-order valence-corrected chi connectivity index (χ0v) is 12.1. The SMILES string of the molecule is CCOC(=O)C1=NN(N=O)[C@@H]2C(=O)N(c3ccccc3)C(=O)[C@H]12. The van der Waals surface area contributed by atoms with Gasteiger partial charge in [-0.25, -0.2) is 9.69 Å². The normalized spacial score (nSPS) is 22.9. The first kappa shape index (κ1) is 14.8. The minimum Gasteiger partial charge on any atom is -0.461 e. The van der Waals surface area contributed by atoms with Crippen LogP contribution in [0.1, 0.15) is 6.92 Å². The molecule has 2 atom stereocenters. The molecule has 2 heterocycles. The zero-order valence-electron chi connectivity index (χ0n) is 12.1. The number of carbonyl (C=O) groups is 3. The Morgan fingerprint density at radius 2 is 1.96 bits per heavy atom. The number of benzene rings is 1. The summed E-state index contributed by atoms with van der Waals surface area (Å²) in [5.41, 5.74) is 0.0687. The van der Waals surface area contributed by atoms with Crippen LogP contribution in [0.4, 0.5) is 5.69 Å². The average molecular weight is 316 g/mol. The number of para-hydroxylation sites is 1. The summed E-state index contributed by atoms with van der Waals surface area (Å²) >= 11 is 0. The van der Waals surface area contributed by atoms with E-state index in [9.17, 15) is 19.3 Å². The minimum absolute atomic E-state index is 0.0777. The van der Waals surface area contributed by atoms with Gasteiger partial charge in [-0.2, -0.15) is 0 Å². The lowest BCUT2D eigenvalue weighted by atomic mass is 9.98. The third-order valence-corrected chi connectivity index (χ3v) is 3.61. The molecule has 0 saturated carbocycles. The van der Waals surface area contributed by atoms with Gasteiger partial charge in [0, 0.05) is 0 Å². The van der Waals surface area contributed by atoms with E-state index < -0.39 is 29.7 Å². The minimum atomic E-state index is -1.25. The van der Waals surface area contributed by atoms with Crippen molar-refractivity contribution in [2.24, 2.45) is 16.3 Å². The van der Waals surface area contributed by atoms with Gasteiger partial charge in [0.15, 0.2) is 11.8 Å². The van der Waals surface area contributed by atoms with Crippen LogP contribution in [0.25, 0.3) is 0 Å². The molecule has 23 heavy (non-hydrogen) atoms. The zero-order chi connectivity index (χ0) is 16.6. The first-order valence-corrected chi connectivity index (χ1v) is 6.91. The van der Waals surface area contributed by atoms with Crippen LogP contribution in [0.2, 0.25) is 0 Å². The van der Waals surface area contributed by atoms with E-state index >= 15 is 0 Å². The number of imide groups is 1. The van der Waals surface area contributed by atoms with Gasteiger partial charge in [0.2, 0.25) is 5.91 Å². The fourth-order valence-corrected chi connectivity index (χ4v) is 2.66. The fraction of sp³-hybridized carbons (Fsp3) is 0.286. The van der Waals surface area contributed by atoms with Gasteiger partial charge in [0.25, 0.3) is 5.91 Å². The number of rotatable bonds is 4. The fourth-order valence-electron chi connectivity index (χ4n) is 2.66. The molecule has 3 rings (SSSR count). The van der Waals surface area contributed by atoms with E-state index in [1.807, 2.05) is 0 Å². The molecule has 0 radical (unpaired) electrons. The second-order valence-electron chi connectivity index (χ2n) is 4.88. The van der Waals surface area contributed by atoms with Crippen molar-refractivity contribution < 1.29 is 19.1 Å². The van der Waals surface area contributed by atoms with Crippen LogP contribution >= 0.6 is 0 Å². The Balaban J connectivity index is 2.01. The molecule has 0 unspecified atom stereocenters. The standard InChI is InChI=1S/C14H12N4O5/c1-2-23-14(21)10-9-11(18(15-10)16-22)13(20)17(12(9)19)8-6-4-3-5-7-8/h3-7,9,11H,2H2,1H3/t9-,11+/m1/s1. The Labute approximate surface area is 130 Å². The van der Waals surface area contributed by atoms with Crippen molar-refractivity contribution in [1.29, 1.82) is 0 Å². The van der Waals surface area contributed by atoms with Crippen molar-refractivity contribution in [3.05, 3.63) is 35.2 Å². The van der Waals surface area contributed by atoms with Crippen LogP contribution in [0.15, 0.2) is 40.7 Å². The van der Waals surface area contributed by atoms with Crippen LogP contribution < -0.4 is 4.90 Å². The molecule has 9 nitrogen and oxygen atoms in total. The number of amides is 2. The summed E-state index contributed by atoms with van der Waals surface area (Å²) in [4.78, 5) is 48.9. The number of anilines is 1. The van der Waals surface area contributed by atoms with Crippen LogP contribution in [0.5, 0.6) is 0 Å². The van der Waals surface area contributed by atoms with E-state index in [1.54, 1.807) is 37.3 Å². The lowest BCUT2D eigenvalue weighted by Gasteiger charge is -2.16. The van der Waals surface area contributed by atoms with E-state index in [4.69, 9.17) is 4.74 Å². The van der Waals surface area contributed by atoms with E-state index in [2.05, 4.69) is 10.4 Å². The predicted molar refractivity (Wildman–Crippen MR) is 77.9 cm³/mol. The van der Waals surface area contributed by atoms with Gasteiger partial charge in [-0.15, -0.1) is 15.1 Å². The van der Waals surface area contributed by atoms with E-state index in [0.29, 0.717) is 10.8 Å². The molecule has 0 aliphatic carbocycles. The monoisotopic (exact) mass is 316 g/mol. The number of hydrazone groups is 1. The highest BCUT2D eigenvalue weighted by atomic mass is 16.5. The van der Waals surface area contributed by atoms with Crippen molar-refractivity contribution in [2.45, 2.75) is 13.0 Å². The number of hydrogen-bond acceptors (Lipinski definition) is 7. The van der Waals surface area contributed by atoms with Gasteiger partial charge in [-0.3, -0.25) is 9.59 Å². The lowest BCUT2D eigenvalue weighted by molar-refractivity contribution is -0.136. The molecule has 0 aromatic heterocycles. The molecular formula is C14H12N4O5. The molecule has 0 bridgehead atoms. The van der Waals surface area contributed by atoms with Gasteiger partial charge in [-0.1, -0.05) is 18.2 Å². The summed E-state index contributed by atoms with van der Waals surface area (Å²) in [5.74, 6) is -3.33. The first-order chi connectivity index (χ1) is 11.1. The van der Waals surface area contributed by atoms with Gasteiger partial charge < -0.3 is 4.74 Å². The maximum Gasteiger partial charge on any atom is 0.355 e. The van der Waals surface area contributed by atoms with Crippen molar-refractivity contribution in [3.63, 3.8) is 0 Å². The second kappa shape index (κ2) is 5.59. The highest BCUT2D eigenvalue weighted by molar-refractivity contribution is 6.46. The van der Waals surface area contributed by atoms with Crippen LogP contribution in [0, 0.1) is 10.8 Å². The Hall–Kier alpha value is -3.10. The number of nitroso groups, excluding NO2 is 1. The Bertz CT molecular complexity index is 717. The van der Waals surface area contributed by atoms with Crippen molar-refractivity contribution in [3.8, 4) is 0 Å². The van der Waals surface area contributed by atoms with E-state index in [1.165, 1.54) is 0 Å². The largest absolute Gasteiger partial charge is 0.461 e. The van der Waals surface area contributed by atoms with E-state index in [0.717, 1.165) is 4.90 Å². The topological polar surface area (TPSA) is 109 Å². The molecule has 1 fully saturated rings. The highest BCUT2D eigenvalue weighted by Crippen LogP contribution is 2.35. The average Bonchev–Trinajstić information content (AvgIpc) is 3.06. The quantitative estimate of drug-likeness (QED) is 0.453. The number of hydrogen-bond donors (Lipinski definition) is 0. The summed E-state index contributed by atoms with van der Waals surface area (Å²) in [7, 11) is 0. The molecule has 9 heteroatoms. The highest BCUT2D eigenvalue weighted by Gasteiger charge is 2.59. The molecular weight excluding hydrogens is 304 g/mol. The molecule has 2 amide bonds. The maximum absolute atomic E-state index is 12.6. The Kier molecular flexibility index (Phi) is 3.61. The van der Waals surface area contributed by atoms with Gasteiger partial charge in [-0.05, 0) is 19.1 Å². The molecule has 0 spiro atoms. The predicted octanol–water partition coefficient (Wildman–Crippen LogP) is 0.461. The van der Waals surface area contributed by atoms with E-state index in [-0.39, 0.29) is 12.3 Å². The summed E-state index contributed by atoms with van der Waals surface area (Å²) < 4.78 is 4.83.